The number of H-pyrrole nitrogens is 1. The zero-order chi connectivity index (χ0) is 18.5. The minimum absolute atomic E-state index is 0.156. The molecule has 1 aliphatic rings. The molecule has 1 saturated heterocycles. The first-order chi connectivity index (χ1) is 13.3. The Morgan fingerprint density at radius 3 is 3.00 bits per heavy atom. The lowest BCUT2D eigenvalue weighted by atomic mass is 10.3. The van der Waals surface area contributed by atoms with Crippen LogP contribution in [0, 0.1) is 0 Å². The number of imidazole rings is 1. The molecule has 1 fully saturated rings. The summed E-state index contributed by atoms with van der Waals surface area (Å²) in [7, 11) is 0. The fourth-order valence-corrected chi connectivity index (χ4v) is 3.47. The van der Waals surface area contributed by atoms with Crippen molar-refractivity contribution < 1.29 is 13.9 Å². The van der Waals surface area contributed by atoms with Gasteiger partial charge < -0.3 is 14.1 Å². The zero-order valence-corrected chi connectivity index (χ0v) is 15.4. The molecule has 0 saturated carbocycles. The largest absolute Gasteiger partial charge is 0.448 e. The maximum Gasteiger partial charge on any atom is 0.254 e. The average Bonchev–Trinajstić information content (AvgIpc) is 3.29. The molecule has 8 nitrogen and oxygen atoms in total. The molecule has 2 N–H and O–H groups in total. The van der Waals surface area contributed by atoms with Crippen molar-refractivity contribution in [1.82, 2.24) is 20.3 Å². The quantitative estimate of drug-likeness (QED) is 0.498. The van der Waals surface area contributed by atoms with Crippen molar-refractivity contribution in [2.75, 3.05) is 32.8 Å². The molecule has 1 aliphatic heterocycles. The van der Waals surface area contributed by atoms with Gasteiger partial charge in [-0.2, -0.15) is 5.10 Å². The van der Waals surface area contributed by atoms with Crippen LogP contribution in [-0.4, -0.2) is 59.8 Å². The Morgan fingerprint density at radius 1 is 1.30 bits per heavy atom. The number of carbonyl (C=O) groups excluding carboxylic acids is 1. The summed E-state index contributed by atoms with van der Waals surface area (Å²) in [5.41, 5.74) is 4.41. The number of ether oxygens (including phenoxy) is 1. The first kappa shape index (κ1) is 17.8. The van der Waals surface area contributed by atoms with Crippen LogP contribution in [0.25, 0.3) is 11.0 Å². The molecule has 140 valence electrons. The number of para-hydroxylation sites is 2. The zero-order valence-electron chi connectivity index (χ0n) is 14.6. The second-order valence-corrected chi connectivity index (χ2v) is 6.99. The summed E-state index contributed by atoms with van der Waals surface area (Å²) in [5, 5.41) is 5.40. The van der Waals surface area contributed by atoms with Gasteiger partial charge in [0.05, 0.1) is 37.0 Å². The van der Waals surface area contributed by atoms with Crippen molar-refractivity contribution >= 4 is 34.9 Å². The van der Waals surface area contributed by atoms with E-state index in [0.29, 0.717) is 30.6 Å². The standard InChI is InChI=1S/C18H19N5O3S/c24-16(12-23-7-9-25-10-8-23)22-19-11-13-5-6-17(26-13)27-18-20-14-3-1-2-4-15(14)21-18/h1-6,11H,7-10,12H2,(H,20,21)(H,22,24)/b19-11-. The molecule has 0 atom stereocenters. The number of carbonyl (C=O) groups is 1. The van der Waals surface area contributed by atoms with Gasteiger partial charge in [-0.05, 0) is 36.0 Å². The van der Waals surface area contributed by atoms with E-state index >= 15 is 0 Å². The molecule has 27 heavy (non-hydrogen) atoms. The molecule has 0 aliphatic carbocycles. The lowest BCUT2D eigenvalue weighted by Crippen LogP contribution is -2.42. The summed E-state index contributed by atoms with van der Waals surface area (Å²) in [6.45, 7) is 3.16. The highest BCUT2D eigenvalue weighted by atomic mass is 32.2. The Hall–Kier alpha value is -2.62. The van der Waals surface area contributed by atoms with Gasteiger partial charge in [0.15, 0.2) is 10.2 Å². The number of nitrogens with one attached hydrogen (secondary N) is 2. The fourth-order valence-electron chi connectivity index (χ4n) is 2.70. The van der Waals surface area contributed by atoms with Crippen molar-refractivity contribution in [1.29, 1.82) is 0 Å². The maximum absolute atomic E-state index is 11.9. The summed E-state index contributed by atoms with van der Waals surface area (Å²) in [6, 6.07) is 11.5. The molecular formula is C18H19N5O3S. The molecule has 4 rings (SSSR count). The van der Waals surface area contributed by atoms with Crippen LogP contribution in [0.15, 0.2) is 56.2 Å². The van der Waals surface area contributed by atoms with Crippen molar-refractivity contribution in [3.8, 4) is 0 Å². The van der Waals surface area contributed by atoms with Crippen LogP contribution in [0.3, 0.4) is 0 Å². The van der Waals surface area contributed by atoms with Crippen LogP contribution >= 0.6 is 11.8 Å². The Kier molecular flexibility index (Phi) is 5.52. The molecule has 0 radical (unpaired) electrons. The molecule has 3 aromatic rings. The number of aromatic nitrogens is 2. The molecule has 0 spiro atoms. The minimum Gasteiger partial charge on any atom is -0.448 e. The van der Waals surface area contributed by atoms with Gasteiger partial charge in [-0.3, -0.25) is 9.69 Å². The third kappa shape index (κ3) is 4.76. The molecular weight excluding hydrogens is 366 g/mol. The third-order valence-corrected chi connectivity index (χ3v) is 4.83. The number of nitrogens with zero attached hydrogens (tertiary/aromatic N) is 3. The second kappa shape index (κ2) is 8.38. The molecule has 1 amide bonds. The number of fused-ring (bicyclic) bond motifs is 1. The first-order valence-electron chi connectivity index (χ1n) is 8.61. The van der Waals surface area contributed by atoms with Crippen LogP contribution in [0.5, 0.6) is 0 Å². The summed E-state index contributed by atoms with van der Waals surface area (Å²) in [5.74, 6) is 0.400. The van der Waals surface area contributed by atoms with Gasteiger partial charge in [-0.15, -0.1) is 0 Å². The van der Waals surface area contributed by atoms with E-state index in [4.69, 9.17) is 9.15 Å². The van der Waals surface area contributed by atoms with Crippen LogP contribution < -0.4 is 5.43 Å². The Labute approximate surface area is 160 Å². The number of morpholine rings is 1. The SMILES string of the molecule is O=C(CN1CCOCC1)N/N=C\c1ccc(Sc2nc3ccccc3[nH]2)o1. The van der Waals surface area contributed by atoms with Gasteiger partial charge in [-0.25, -0.2) is 10.4 Å². The second-order valence-electron chi connectivity index (χ2n) is 6.00. The smallest absolute Gasteiger partial charge is 0.254 e. The summed E-state index contributed by atoms with van der Waals surface area (Å²) >= 11 is 1.40. The van der Waals surface area contributed by atoms with Gasteiger partial charge in [0, 0.05) is 13.1 Å². The van der Waals surface area contributed by atoms with Crippen molar-refractivity contribution in [3.63, 3.8) is 0 Å². The highest BCUT2D eigenvalue weighted by Gasteiger charge is 2.13. The number of hydrogen-bond acceptors (Lipinski definition) is 7. The lowest BCUT2D eigenvalue weighted by Gasteiger charge is -2.25. The Bertz CT molecular complexity index is 912. The van der Waals surface area contributed by atoms with E-state index < -0.39 is 0 Å². The monoisotopic (exact) mass is 385 g/mol. The molecule has 9 heteroatoms. The normalized spacial score (nSPS) is 15.6. The minimum atomic E-state index is -0.156. The van der Waals surface area contributed by atoms with Crippen molar-refractivity contribution in [2.24, 2.45) is 5.10 Å². The summed E-state index contributed by atoms with van der Waals surface area (Å²) in [6.07, 6.45) is 1.49. The van der Waals surface area contributed by atoms with Gasteiger partial charge >= 0.3 is 0 Å². The Balaban J connectivity index is 1.29. The van der Waals surface area contributed by atoms with E-state index in [-0.39, 0.29) is 5.91 Å². The van der Waals surface area contributed by atoms with Crippen LogP contribution in [0.4, 0.5) is 0 Å². The topological polar surface area (TPSA) is 95.7 Å². The van der Waals surface area contributed by atoms with E-state index in [1.54, 1.807) is 6.07 Å². The van der Waals surface area contributed by atoms with E-state index in [0.717, 1.165) is 29.3 Å². The number of hydrogen-bond donors (Lipinski definition) is 2. The number of rotatable bonds is 6. The molecule has 0 bridgehead atoms. The number of furan rings is 1. The van der Waals surface area contributed by atoms with Gasteiger partial charge in [0.1, 0.15) is 5.76 Å². The third-order valence-electron chi connectivity index (χ3n) is 4.02. The predicted octanol–water partition coefficient (Wildman–Crippen LogP) is 2.09. The van der Waals surface area contributed by atoms with E-state index in [1.807, 2.05) is 35.2 Å². The van der Waals surface area contributed by atoms with Gasteiger partial charge in [-0.1, -0.05) is 12.1 Å². The van der Waals surface area contributed by atoms with Crippen LogP contribution in [0.2, 0.25) is 0 Å². The van der Waals surface area contributed by atoms with E-state index in [1.165, 1.54) is 18.0 Å². The van der Waals surface area contributed by atoms with Gasteiger partial charge in [0.2, 0.25) is 0 Å². The average molecular weight is 385 g/mol. The van der Waals surface area contributed by atoms with E-state index in [2.05, 4.69) is 20.5 Å². The molecule has 2 aromatic heterocycles. The lowest BCUT2D eigenvalue weighted by molar-refractivity contribution is -0.123. The first-order valence-corrected chi connectivity index (χ1v) is 9.42. The van der Waals surface area contributed by atoms with E-state index in [9.17, 15) is 4.79 Å². The van der Waals surface area contributed by atoms with Crippen LogP contribution in [0.1, 0.15) is 5.76 Å². The van der Waals surface area contributed by atoms with Gasteiger partial charge in [0.25, 0.3) is 5.91 Å². The molecule has 3 heterocycles. The maximum atomic E-state index is 11.9. The van der Waals surface area contributed by atoms with Crippen molar-refractivity contribution in [2.45, 2.75) is 10.2 Å². The number of amides is 1. The Morgan fingerprint density at radius 2 is 2.15 bits per heavy atom. The predicted molar refractivity (Wildman–Crippen MR) is 102 cm³/mol. The molecule has 0 unspecified atom stereocenters. The molecule has 1 aromatic carbocycles. The fraction of sp³-hybridized carbons (Fsp3) is 0.278. The number of hydrazone groups is 1. The van der Waals surface area contributed by atoms with Crippen molar-refractivity contribution in [3.05, 3.63) is 42.2 Å². The highest BCUT2D eigenvalue weighted by molar-refractivity contribution is 7.99. The summed E-state index contributed by atoms with van der Waals surface area (Å²) in [4.78, 5) is 21.6. The number of benzene rings is 1. The summed E-state index contributed by atoms with van der Waals surface area (Å²) < 4.78 is 10.9. The van der Waals surface area contributed by atoms with Crippen LogP contribution in [-0.2, 0) is 9.53 Å². The number of aromatic amines is 1. The highest BCUT2D eigenvalue weighted by Crippen LogP contribution is 2.28.